The Morgan fingerprint density at radius 1 is 1.44 bits per heavy atom. The zero-order chi connectivity index (χ0) is 13.3. The van der Waals surface area contributed by atoms with Crippen molar-refractivity contribution < 1.29 is 22.7 Å². The van der Waals surface area contributed by atoms with Crippen LogP contribution in [0.25, 0.3) is 0 Å². The number of alkyl halides is 1. The number of carbonyl (C=O) groups excluding carboxylic acids is 1. The smallest absolute Gasteiger partial charge is 0.370 e. The molecular formula is C8H13F3N2O2S. The topological polar surface area (TPSA) is 78.3 Å². The highest BCUT2D eigenvalue weighted by Crippen LogP contribution is 2.15. The average Bonchev–Trinajstić information content (AvgIpc) is 2.14. The molecule has 8 heteroatoms. The number of hydrogen-bond donors (Lipinski definition) is 2. The molecule has 0 radical (unpaired) electrons. The summed E-state index contributed by atoms with van der Waals surface area (Å²) < 4.78 is 40.9. The number of carbonyl (C=O) groups is 1. The van der Waals surface area contributed by atoms with Crippen LogP contribution in [0.2, 0.25) is 0 Å². The van der Waals surface area contributed by atoms with Crippen LogP contribution in [0, 0.1) is 0 Å². The molecule has 0 aromatic heterocycles. The fourth-order valence-corrected chi connectivity index (χ4v) is 0.467. The number of nitrogens with two attached hydrogens (primary N) is 2. The highest BCUT2D eigenvalue weighted by Gasteiger charge is 2.20. The highest BCUT2D eigenvalue weighted by atomic mass is 32.1. The van der Waals surface area contributed by atoms with Crippen LogP contribution in [0.1, 0.15) is 13.8 Å². The van der Waals surface area contributed by atoms with Gasteiger partial charge in [-0.1, -0.05) is 0 Å². The number of rotatable bonds is 3. The van der Waals surface area contributed by atoms with E-state index < -0.39 is 23.8 Å². The van der Waals surface area contributed by atoms with Crippen LogP contribution in [-0.2, 0) is 9.53 Å². The normalized spacial score (nSPS) is 12.8. The summed E-state index contributed by atoms with van der Waals surface area (Å²) in [4.78, 5) is 10.4. The van der Waals surface area contributed by atoms with Gasteiger partial charge in [0.1, 0.15) is 0 Å². The second-order valence-electron chi connectivity index (χ2n) is 2.40. The summed E-state index contributed by atoms with van der Waals surface area (Å²) in [6.45, 7) is 2.14. The molecule has 1 atom stereocenters. The maximum absolute atomic E-state index is 12.4. The van der Waals surface area contributed by atoms with Gasteiger partial charge in [0.05, 0.1) is 6.61 Å². The fourth-order valence-electron chi connectivity index (χ4n) is 0.467. The first kappa shape index (κ1) is 17.1. The molecule has 0 fully saturated rings. The van der Waals surface area contributed by atoms with Crippen molar-refractivity contribution in [3.63, 3.8) is 0 Å². The maximum atomic E-state index is 12.4. The predicted octanol–water partition coefficient (Wildman–Crippen LogP) is 1.25. The zero-order valence-electron chi connectivity index (χ0n) is 8.80. The molecule has 0 bridgehead atoms. The van der Waals surface area contributed by atoms with Crippen molar-refractivity contribution in [2.75, 3.05) is 6.61 Å². The van der Waals surface area contributed by atoms with E-state index in [1.54, 1.807) is 0 Å². The molecule has 0 spiro atoms. The van der Waals surface area contributed by atoms with Crippen molar-refractivity contribution >= 4 is 23.3 Å². The minimum atomic E-state index is -2.13. The van der Waals surface area contributed by atoms with Crippen LogP contribution in [0.4, 0.5) is 13.2 Å². The summed E-state index contributed by atoms with van der Waals surface area (Å²) in [5.74, 6) is -5.00. The second-order valence-corrected chi connectivity index (χ2v) is 2.87. The Balaban J connectivity index is 0. The van der Waals surface area contributed by atoms with E-state index in [9.17, 15) is 18.0 Å². The molecule has 0 aliphatic carbocycles. The van der Waals surface area contributed by atoms with Gasteiger partial charge in [-0.15, -0.1) is 0 Å². The second kappa shape index (κ2) is 8.96. The van der Waals surface area contributed by atoms with E-state index in [1.807, 2.05) is 0 Å². The Bertz CT molecular complexity index is 278. The van der Waals surface area contributed by atoms with Crippen LogP contribution >= 0.6 is 12.2 Å². The lowest BCUT2D eigenvalue weighted by Gasteiger charge is -2.01. The van der Waals surface area contributed by atoms with E-state index in [2.05, 4.69) is 28.4 Å². The summed E-state index contributed by atoms with van der Waals surface area (Å²) in [6.07, 6.45) is -2.13. The standard InChI is InChI=1S/C7H9F3O2.CH4N2S/c1-3-12-7(11)6(10)5(9)4(2)8;2-1(3)4/h4H,3H2,1-2H3;(H4,2,3,4). The third kappa shape index (κ3) is 9.25. The van der Waals surface area contributed by atoms with Crippen LogP contribution in [0.15, 0.2) is 11.7 Å². The van der Waals surface area contributed by atoms with Gasteiger partial charge in [0, 0.05) is 0 Å². The molecule has 0 rings (SSSR count). The minimum absolute atomic E-state index is 0.000000000000000222. The van der Waals surface area contributed by atoms with Gasteiger partial charge in [0.15, 0.2) is 17.1 Å². The fraction of sp³-hybridized carbons (Fsp3) is 0.500. The lowest BCUT2D eigenvalue weighted by Crippen LogP contribution is -2.18. The molecule has 4 nitrogen and oxygen atoms in total. The first-order valence-corrected chi connectivity index (χ1v) is 4.56. The average molecular weight is 258 g/mol. The van der Waals surface area contributed by atoms with Crippen molar-refractivity contribution in [1.82, 2.24) is 0 Å². The molecule has 0 aliphatic rings. The molecule has 0 saturated heterocycles. The van der Waals surface area contributed by atoms with Crippen molar-refractivity contribution in [1.29, 1.82) is 0 Å². The molecule has 0 heterocycles. The molecule has 0 aliphatic heterocycles. The van der Waals surface area contributed by atoms with Gasteiger partial charge in [0.25, 0.3) is 0 Å². The summed E-state index contributed by atoms with van der Waals surface area (Å²) in [6, 6.07) is 0. The van der Waals surface area contributed by atoms with Crippen molar-refractivity contribution in [2.24, 2.45) is 11.5 Å². The molecule has 16 heavy (non-hydrogen) atoms. The Kier molecular flexibility index (Phi) is 9.57. The van der Waals surface area contributed by atoms with E-state index in [0.717, 1.165) is 6.92 Å². The molecular weight excluding hydrogens is 245 g/mol. The molecule has 4 N–H and O–H groups in total. The maximum Gasteiger partial charge on any atom is 0.370 e. The largest absolute Gasteiger partial charge is 0.461 e. The van der Waals surface area contributed by atoms with Gasteiger partial charge in [-0.25, -0.2) is 13.6 Å². The van der Waals surface area contributed by atoms with E-state index >= 15 is 0 Å². The summed E-state index contributed by atoms with van der Waals surface area (Å²) in [5.41, 5.74) is 9.24. The van der Waals surface area contributed by atoms with Gasteiger partial charge in [0.2, 0.25) is 5.83 Å². The highest BCUT2D eigenvalue weighted by molar-refractivity contribution is 7.80. The lowest BCUT2D eigenvalue weighted by molar-refractivity contribution is -0.140. The van der Waals surface area contributed by atoms with E-state index in [-0.39, 0.29) is 11.7 Å². The van der Waals surface area contributed by atoms with Gasteiger partial charge >= 0.3 is 5.97 Å². The molecule has 0 aromatic carbocycles. The van der Waals surface area contributed by atoms with Crippen molar-refractivity contribution in [2.45, 2.75) is 20.0 Å². The number of halogens is 3. The van der Waals surface area contributed by atoms with Crippen molar-refractivity contribution in [3.8, 4) is 0 Å². The Labute approximate surface area is 96.4 Å². The summed E-state index contributed by atoms with van der Waals surface area (Å²) in [5, 5.41) is 0.000000000000000222. The van der Waals surface area contributed by atoms with Crippen LogP contribution < -0.4 is 11.5 Å². The van der Waals surface area contributed by atoms with Gasteiger partial charge in [-0.05, 0) is 26.1 Å². The molecule has 1 unspecified atom stereocenters. The van der Waals surface area contributed by atoms with Crippen LogP contribution in [0.5, 0.6) is 0 Å². The molecule has 94 valence electrons. The van der Waals surface area contributed by atoms with E-state index in [4.69, 9.17) is 0 Å². The number of ether oxygens (including phenoxy) is 1. The summed E-state index contributed by atoms with van der Waals surface area (Å²) in [7, 11) is 0. The molecule has 0 aromatic rings. The molecule has 0 amide bonds. The number of hydrogen-bond acceptors (Lipinski definition) is 3. The third-order valence-corrected chi connectivity index (χ3v) is 1.01. The van der Waals surface area contributed by atoms with E-state index in [1.165, 1.54) is 6.92 Å². The number of thiocarbonyl (C=S) groups is 1. The van der Waals surface area contributed by atoms with Gasteiger partial charge < -0.3 is 16.2 Å². The lowest BCUT2D eigenvalue weighted by atomic mass is 10.3. The van der Waals surface area contributed by atoms with Crippen molar-refractivity contribution in [3.05, 3.63) is 11.7 Å². The Morgan fingerprint density at radius 3 is 2.06 bits per heavy atom. The van der Waals surface area contributed by atoms with Crippen LogP contribution in [0.3, 0.4) is 0 Å². The SMILES string of the molecule is CCOC(=O)C(F)=C(F)C(C)F.NC(N)=S. The van der Waals surface area contributed by atoms with Crippen LogP contribution in [-0.4, -0.2) is 23.9 Å². The zero-order valence-corrected chi connectivity index (χ0v) is 9.61. The molecule has 0 saturated carbocycles. The summed E-state index contributed by atoms with van der Waals surface area (Å²) >= 11 is 4.09. The quantitative estimate of drug-likeness (QED) is 0.452. The Hall–Kier alpha value is -1.31. The number of allylic oxidation sites excluding steroid dienone is 1. The minimum Gasteiger partial charge on any atom is -0.461 e. The first-order valence-electron chi connectivity index (χ1n) is 4.15. The Morgan fingerprint density at radius 2 is 1.81 bits per heavy atom. The van der Waals surface area contributed by atoms with Gasteiger partial charge in [-0.2, -0.15) is 4.39 Å². The number of esters is 1. The monoisotopic (exact) mass is 258 g/mol. The predicted molar refractivity (Wildman–Crippen MR) is 57.4 cm³/mol. The first-order chi connectivity index (χ1) is 7.23. The van der Waals surface area contributed by atoms with Gasteiger partial charge in [-0.3, -0.25) is 0 Å². The van der Waals surface area contributed by atoms with E-state index in [0.29, 0.717) is 0 Å². The third-order valence-electron chi connectivity index (χ3n) is 1.01.